The number of hydrazine groups is 1. The summed E-state index contributed by atoms with van der Waals surface area (Å²) in [5, 5.41) is 10.1. The molecule has 4 N–H and O–H groups in total. The fraction of sp³-hybridized carbons (Fsp3) is 0.538. The van der Waals surface area contributed by atoms with E-state index in [1.165, 1.54) is 4.88 Å². The molecule has 2 aromatic rings. The average molecular weight is 295 g/mol. The van der Waals surface area contributed by atoms with E-state index in [2.05, 4.69) is 47.1 Å². The number of hydrogen-bond donors (Lipinski definition) is 3. The Morgan fingerprint density at radius 3 is 2.80 bits per heavy atom. The van der Waals surface area contributed by atoms with Crippen LogP contribution in [0.2, 0.25) is 0 Å². The number of rotatable bonds is 6. The van der Waals surface area contributed by atoms with Crippen LogP contribution in [-0.4, -0.2) is 34.3 Å². The van der Waals surface area contributed by atoms with Crippen LogP contribution in [0.3, 0.4) is 0 Å². The Hall–Kier alpha value is -1.44. The van der Waals surface area contributed by atoms with Gasteiger partial charge in [-0.1, -0.05) is 0 Å². The van der Waals surface area contributed by atoms with E-state index in [1.54, 1.807) is 11.3 Å². The Morgan fingerprint density at radius 2 is 2.20 bits per heavy atom. The van der Waals surface area contributed by atoms with E-state index >= 15 is 0 Å². The zero-order valence-corrected chi connectivity index (χ0v) is 12.9. The number of nitrogen functional groups attached to an aromatic ring is 1. The molecule has 0 aliphatic heterocycles. The van der Waals surface area contributed by atoms with E-state index in [-0.39, 0.29) is 12.6 Å². The first-order chi connectivity index (χ1) is 9.56. The first-order valence-electron chi connectivity index (χ1n) is 6.69. The second-order valence-electron chi connectivity index (χ2n) is 4.96. The maximum Gasteiger partial charge on any atom is 0.240 e. The maximum atomic E-state index is 9.07. The third-order valence-corrected chi connectivity index (χ3v) is 4.02. The number of aliphatic hydroxyl groups excluding tert-OH is 1. The molecule has 0 bridgehead atoms. The topological polar surface area (TPSA) is 87.3 Å². The number of anilines is 2. The summed E-state index contributed by atoms with van der Waals surface area (Å²) < 4.78 is 0. The molecule has 0 saturated carbocycles. The third kappa shape index (κ3) is 3.00. The Labute approximate surface area is 122 Å². The number of nitrogens with zero attached hydrogens (tertiary/aromatic N) is 3. The highest BCUT2D eigenvalue weighted by Crippen LogP contribution is 2.32. The quantitative estimate of drug-likeness (QED) is 0.557. The normalized spacial score (nSPS) is 11.3. The fourth-order valence-corrected chi connectivity index (χ4v) is 3.03. The minimum Gasteiger partial charge on any atom is -0.396 e. The Bertz CT molecular complexity index is 583. The van der Waals surface area contributed by atoms with Crippen LogP contribution < -0.4 is 16.2 Å². The Morgan fingerprint density at radius 1 is 1.45 bits per heavy atom. The highest BCUT2D eigenvalue weighted by molar-refractivity contribution is 7.18. The molecule has 7 heteroatoms. The number of nitrogens with one attached hydrogen (secondary N) is 1. The van der Waals surface area contributed by atoms with Crippen LogP contribution in [0.5, 0.6) is 0 Å². The molecule has 0 atom stereocenters. The van der Waals surface area contributed by atoms with Crippen molar-refractivity contribution in [3.05, 3.63) is 10.9 Å². The van der Waals surface area contributed by atoms with Crippen LogP contribution in [0.4, 0.5) is 11.8 Å². The number of fused-ring (bicyclic) bond motifs is 1. The van der Waals surface area contributed by atoms with Crippen LogP contribution in [0.25, 0.3) is 10.2 Å². The summed E-state index contributed by atoms with van der Waals surface area (Å²) in [6.45, 7) is 7.20. The van der Waals surface area contributed by atoms with E-state index in [0.717, 1.165) is 22.6 Å². The van der Waals surface area contributed by atoms with Gasteiger partial charge in [0.1, 0.15) is 10.6 Å². The molecule has 110 valence electrons. The van der Waals surface area contributed by atoms with Crippen molar-refractivity contribution in [2.75, 3.05) is 23.5 Å². The molecule has 0 aliphatic rings. The van der Waals surface area contributed by atoms with E-state index < -0.39 is 0 Å². The zero-order chi connectivity index (χ0) is 14.7. The lowest BCUT2D eigenvalue weighted by molar-refractivity contribution is 0.288. The molecule has 0 saturated heterocycles. The van der Waals surface area contributed by atoms with Gasteiger partial charge in [-0.05, 0) is 33.3 Å². The number of nitrogens with two attached hydrogens (primary N) is 1. The van der Waals surface area contributed by atoms with Crippen molar-refractivity contribution in [1.82, 2.24) is 9.97 Å². The van der Waals surface area contributed by atoms with Crippen LogP contribution in [0.15, 0.2) is 6.07 Å². The van der Waals surface area contributed by atoms with Gasteiger partial charge < -0.3 is 10.0 Å². The largest absolute Gasteiger partial charge is 0.396 e. The lowest BCUT2D eigenvalue weighted by Crippen LogP contribution is -2.33. The van der Waals surface area contributed by atoms with Gasteiger partial charge in [-0.3, -0.25) is 5.43 Å². The van der Waals surface area contributed by atoms with Crippen molar-refractivity contribution in [2.45, 2.75) is 33.2 Å². The molecule has 2 aromatic heterocycles. The molecule has 0 amide bonds. The van der Waals surface area contributed by atoms with Crippen molar-refractivity contribution < 1.29 is 5.11 Å². The van der Waals surface area contributed by atoms with Crippen LogP contribution in [0, 0.1) is 6.92 Å². The fourth-order valence-electron chi connectivity index (χ4n) is 2.16. The molecule has 2 rings (SSSR count). The summed E-state index contributed by atoms with van der Waals surface area (Å²) >= 11 is 1.63. The molecular weight excluding hydrogens is 274 g/mol. The first-order valence-corrected chi connectivity index (χ1v) is 7.50. The summed E-state index contributed by atoms with van der Waals surface area (Å²) in [5.74, 6) is 6.76. The molecule has 0 radical (unpaired) electrons. The second-order valence-corrected chi connectivity index (χ2v) is 6.19. The third-order valence-electron chi connectivity index (χ3n) is 3.08. The van der Waals surface area contributed by atoms with Crippen LogP contribution >= 0.6 is 11.3 Å². The average Bonchev–Trinajstić information content (AvgIpc) is 2.78. The number of hydrogen-bond acceptors (Lipinski definition) is 7. The van der Waals surface area contributed by atoms with Gasteiger partial charge in [-0.25, -0.2) is 10.8 Å². The van der Waals surface area contributed by atoms with E-state index in [0.29, 0.717) is 12.4 Å². The molecular formula is C13H21N5OS. The van der Waals surface area contributed by atoms with Gasteiger partial charge >= 0.3 is 0 Å². The molecule has 0 spiro atoms. The standard InChI is InChI=1S/C13H21N5OS/c1-8(2)18(5-4-6-19)11-10-7-9(3)20-12(10)16-13(15-11)17-14/h7-8,19H,4-6,14H2,1-3H3,(H,15,16,17). The highest BCUT2D eigenvalue weighted by atomic mass is 32.1. The van der Waals surface area contributed by atoms with Crippen LogP contribution in [0.1, 0.15) is 25.1 Å². The smallest absolute Gasteiger partial charge is 0.240 e. The first kappa shape index (κ1) is 15.0. The highest BCUT2D eigenvalue weighted by Gasteiger charge is 2.18. The van der Waals surface area contributed by atoms with E-state index in [1.807, 2.05) is 0 Å². The molecule has 2 heterocycles. The monoisotopic (exact) mass is 295 g/mol. The Kier molecular flexibility index (Phi) is 4.74. The van der Waals surface area contributed by atoms with Crippen molar-refractivity contribution in [3.8, 4) is 0 Å². The molecule has 0 unspecified atom stereocenters. The van der Waals surface area contributed by atoms with E-state index in [9.17, 15) is 0 Å². The lowest BCUT2D eigenvalue weighted by atomic mass is 10.2. The number of aliphatic hydroxyl groups is 1. The van der Waals surface area contributed by atoms with Crippen molar-refractivity contribution in [3.63, 3.8) is 0 Å². The maximum absolute atomic E-state index is 9.07. The molecule has 6 nitrogen and oxygen atoms in total. The summed E-state index contributed by atoms with van der Waals surface area (Å²) in [6.07, 6.45) is 0.707. The second kappa shape index (κ2) is 6.34. The van der Waals surface area contributed by atoms with Gasteiger partial charge in [0.25, 0.3) is 0 Å². The molecule has 0 aromatic carbocycles. The SMILES string of the molecule is Cc1cc2c(N(CCCO)C(C)C)nc(NN)nc2s1. The number of aromatic nitrogens is 2. The van der Waals surface area contributed by atoms with Gasteiger partial charge in [-0.15, -0.1) is 11.3 Å². The van der Waals surface area contributed by atoms with Gasteiger partial charge in [0.15, 0.2) is 0 Å². The van der Waals surface area contributed by atoms with E-state index in [4.69, 9.17) is 10.9 Å². The van der Waals surface area contributed by atoms with Gasteiger partial charge in [0.2, 0.25) is 5.95 Å². The predicted molar refractivity (Wildman–Crippen MR) is 84.1 cm³/mol. The van der Waals surface area contributed by atoms with Gasteiger partial charge in [0.05, 0.1) is 5.39 Å². The molecule has 0 aliphatic carbocycles. The molecule has 0 fully saturated rings. The summed E-state index contributed by atoms with van der Waals surface area (Å²) in [6, 6.07) is 2.38. The minimum atomic E-state index is 0.169. The lowest BCUT2D eigenvalue weighted by Gasteiger charge is -2.28. The van der Waals surface area contributed by atoms with Gasteiger partial charge in [-0.2, -0.15) is 4.98 Å². The van der Waals surface area contributed by atoms with Crippen molar-refractivity contribution >= 4 is 33.3 Å². The van der Waals surface area contributed by atoms with Crippen LogP contribution in [-0.2, 0) is 0 Å². The van der Waals surface area contributed by atoms with Gasteiger partial charge in [0, 0.05) is 24.1 Å². The van der Waals surface area contributed by atoms with Crippen molar-refractivity contribution in [1.29, 1.82) is 0 Å². The van der Waals surface area contributed by atoms with Crippen molar-refractivity contribution in [2.24, 2.45) is 5.84 Å². The Balaban J connectivity index is 2.53. The summed E-state index contributed by atoms with van der Waals surface area (Å²) in [4.78, 5) is 13.2. The number of thiophene rings is 1. The number of aryl methyl sites for hydroxylation is 1. The minimum absolute atomic E-state index is 0.169. The molecule has 20 heavy (non-hydrogen) atoms. The zero-order valence-electron chi connectivity index (χ0n) is 12.1. The predicted octanol–water partition coefficient (Wildman–Crippen LogP) is 1.88. The summed E-state index contributed by atoms with van der Waals surface area (Å²) in [7, 11) is 0. The summed E-state index contributed by atoms with van der Waals surface area (Å²) in [5.41, 5.74) is 2.53.